The van der Waals surface area contributed by atoms with E-state index < -0.39 is 22.1 Å². The van der Waals surface area contributed by atoms with Crippen LogP contribution in [0.4, 0.5) is 0 Å². The molecule has 2 atom stereocenters. The van der Waals surface area contributed by atoms with Gasteiger partial charge in [-0.1, -0.05) is 23.2 Å². The number of aryl methyl sites for hydroxylation is 1. The van der Waals surface area contributed by atoms with Crippen molar-refractivity contribution in [2.75, 3.05) is 6.54 Å². The third kappa shape index (κ3) is 4.05. The van der Waals surface area contributed by atoms with Crippen molar-refractivity contribution >= 4 is 39.1 Å². The summed E-state index contributed by atoms with van der Waals surface area (Å²) in [5, 5.41) is 10.3. The highest BCUT2D eigenvalue weighted by Crippen LogP contribution is 2.36. The monoisotopic (exact) mass is 444 g/mol. The summed E-state index contributed by atoms with van der Waals surface area (Å²) in [5.74, 6) is -0.306. The standard InChI is InChI=1S/C18H22Cl2N4O3S/c1-11-16(17(20)23-22-11)12(2)24(15-5-3-4-10-21-18(15)25)28(26,27)14-8-6-13(19)7-9-14/h6-9,12,15H,3-5,10H2,1-2H3,(H,21,25)(H,22,23). The molecule has 7 nitrogen and oxygen atoms in total. The molecule has 1 aromatic heterocycles. The zero-order valence-electron chi connectivity index (χ0n) is 15.6. The van der Waals surface area contributed by atoms with Crippen LogP contribution in [0.15, 0.2) is 29.2 Å². The van der Waals surface area contributed by atoms with Crippen molar-refractivity contribution in [1.29, 1.82) is 0 Å². The van der Waals surface area contributed by atoms with Crippen LogP contribution in [-0.4, -0.2) is 41.4 Å². The molecule has 1 saturated heterocycles. The van der Waals surface area contributed by atoms with E-state index in [9.17, 15) is 13.2 Å². The van der Waals surface area contributed by atoms with Gasteiger partial charge in [0.25, 0.3) is 0 Å². The van der Waals surface area contributed by atoms with Gasteiger partial charge in [-0.3, -0.25) is 9.89 Å². The van der Waals surface area contributed by atoms with Gasteiger partial charge in [-0.2, -0.15) is 9.40 Å². The summed E-state index contributed by atoms with van der Waals surface area (Å²) in [6.45, 7) is 3.99. The van der Waals surface area contributed by atoms with Gasteiger partial charge < -0.3 is 5.32 Å². The number of aromatic nitrogens is 2. The maximum atomic E-state index is 13.6. The van der Waals surface area contributed by atoms with Crippen LogP contribution in [0.3, 0.4) is 0 Å². The van der Waals surface area contributed by atoms with Gasteiger partial charge in [0.1, 0.15) is 11.2 Å². The topological polar surface area (TPSA) is 95.2 Å². The van der Waals surface area contributed by atoms with E-state index in [-0.39, 0.29) is 16.0 Å². The van der Waals surface area contributed by atoms with Crippen molar-refractivity contribution < 1.29 is 13.2 Å². The van der Waals surface area contributed by atoms with E-state index in [1.807, 2.05) is 0 Å². The van der Waals surface area contributed by atoms with E-state index in [0.29, 0.717) is 29.2 Å². The van der Waals surface area contributed by atoms with Crippen LogP contribution in [0.25, 0.3) is 0 Å². The number of amides is 1. The number of nitrogens with zero attached hydrogens (tertiary/aromatic N) is 2. The number of benzene rings is 1. The summed E-state index contributed by atoms with van der Waals surface area (Å²) in [6.07, 6.45) is 1.97. The van der Waals surface area contributed by atoms with Crippen LogP contribution in [0.5, 0.6) is 0 Å². The summed E-state index contributed by atoms with van der Waals surface area (Å²) >= 11 is 12.2. The Morgan fingerprint density at radius 1 is 1.21 bits per heavy atom. The van der Waals surface area contributed by atoms with Crippen molar-refractivity contribution in [3.8, 4) is 0 Å². The Bertz CT molecular complexity index is 940. The second-order valence-corrected chi connectivity index (χ2v) is 9.46. The molecule has 0 radical (unpaired) electrons. The van der Waals surface area contributed by atoms with Gasteiger partial charge in [0.15, 0.2) is 0 Å². The molecule has 1 aromatic carbocycles. The molecule has 152 valence electrons. The summed E-state index contributed by atoms with van der Waals surface area (Å²) in [6, 6.07) is 4.37. The van der Waals surface area contributed by atoms with E-state index in [4.69, 9.17) is 23.2 Å². The summed E-state index contributed by atoms with van der Waals surface area (Å²) in [7, 11) is -4.01. The van der Waals surface area contributed by atoms with Crippen LogP contribution in [-0.2, 0) is 14.8 Å². The molecule has 1 aliphatic rings. The highest BCUT2D eigenvalue weighted by Gasteiger charge is 2.41. The molecule has 28 heavy (non-hydrogen) atoms. The van der Waals surface area contributed by atoms with E-state index in [0.717, 1.165) is 12.8 Å². The molecule has 10 heteroatoms. The molecular formula is C18H22Cl2N4O3S. The first-order valence-electron chi connectivity index (χ1n) is 9.00. The summed E-state index contributed by atoms with van der Waals surface area (Å²) in [5.41, 5.74) is 1.14. The lowest BCUT2D eigenvalue weighted by Crippen LogP contribution is -2.49. The summed E-state index contributed by atoms with van der Waals surface area (Å²) < 4.78 is 28.4. The van der Waals surface area contributed by atoms with Gasteiger partial charge in [-0.15, -0.1) is 0 Å². The van der Waals surface area contributed by atoms with E-state index in [1.54, 1.807) is 13.8 Å². The number of carbonyl (C=O) groups excluding carboxylic acids is 1. The third-order valence-corrected chi connectivity index (χ3v) is 7.48. The van der Waals surface area contributed by atoms with E-state index in [2.05, 4.69) is 15.5 Å². The molecule has 1 aliphatic heterocycles. The highest BCUT2D eigenvalue weighted by molar-refractivity contribution is 7.89. The third-order valence-electron chi connectivity index (χ3n) is 4.95. The normalized spacial score (nSPS) is 19.3. The number of hydrogen-bond acceptors (Lipinski definition) is 4. The predicted octanol–water partition coefficient (Wildman–Crippen LogP) is 3.45. The Kier molecular flexibility index (Phi) is 6.34. The summed E-state index contributed by atoms with van der Waals surface area (Å²) in [4.78, 5) is 12.8. The molecule has 2 heterocycles. The minimum absolute atomic E-state index is 0.0677. The maximum Gasteiger partial charge on any atom is 0.244 e. The molecule has 0 bridgehead atoms. The van der Waals surface area contributed by atoms with Crippen LogP contribution in [0.2, 0.25) is 10.2 Å². The average Bonchev–Trinajstić information content (AvgIpc) is 2.84. The quantitative estimate of drug-likeness (QED) is 0.737. The molecule has 0 spiro atoms. The molecule has 2 aromatic rings. The molecule has 1 amide bonds. The average molecular weight is 445 g/mol. The van der Waals surface area contributed by atoms with Gasteiger partial charge in [0.05, 0.1) is 16.6 Å². The fourth-order valence-electron chi connectivity index (χ4n) is 3.57. The number of aromatic amines is 1. The second kappa shape index (κ2) is 8.41. The smallest absolute Gasteiger partial charge is 0.244 e. The van der Waals surface area contributed by atoms with Crippen LogP contribution >= 0.6 is 23.2 Å². The van der Waals surface area contributed by atoms with Crippen molar-refractivity contribution in [3.63, 3.8) is 0 Å². The first kappa shape index (κ1) is 21.1. The molecule has 0 saturated carbocycles. The van der Waals surface area contributed by atoms with Gasteiger partial charge in [0.2, 0.25) is 15.9 Å². The Morgan fingerprint density at radius 3 is 2.50 bits per heavy atom. The van der Waals surface area contributed by atoms with Gasteiger partial charge in [0, 0.05) is 17.1 Å². The zero-order valence-corrected chi connectivity index (χ0v) is 17.9. The zero-order chi connectivity index (χ0) is 20.5. The lowest BCUT2D eigenvalue weighted by molar-refractivity contribution is -0.125. The van der Waals surface area contributed by atoms with Crippen molar-refractivity contribution in [3.05, 3.63) is 45.7 Å². The number of H-pyrrole nitrogens is 1. The number of halogens is 2. The number of carbonyl (C=O) groups is 1. The molecule has 2 N–H and O–H groups in total. The van der Waals surface area contributed by atoms with Gasteiger partial charge in [-0.25, -0.2) is 8.42 Å². The van der Waals surface area contributed by atoms with Crippen LogP contribution < -0.4 is 5.32 Å². The van der Waals surface area contributed by atoms with Gasteiger partial charge >= 0.3 is 0 Å². The Balaban J connectivity index is 2.13. The Hall–Kier alpha value is -1.61. The molecule has 3 rings (SSSR count). The highest BCUT2D eigenvalue weighted by atomic mass is 35.5. The van der Waals surface area contributed by atoms with Crippen molar-refractivity contribution in [2.45, 2.75) is 50.1 Å². The molecular weight excluding hydrogens is 423 g/mol. The largest absolute Gasteiger partial charge is 0.355 e. The lowest BCUT2D eigenvalue weighted by atomic mass is 10.1. The Labute approximate surface area is 174 Å². The molecule has 1 fully saturated rings. The minimum atomic E-state index is -4.01. The van der Waals surface area contributed by atoms with Crippen molar-refractivity contribution in [1.82, 2.24) is 19.8 Å². The second-order valence-electron chi connectivity index (χ2n) is 6.80. The minimum Gasteiger partial charge on any atom is -0.355 e. The van der Waals surface area contributed by atoms with Crippen LogP contribution in [0.1, 0.15) is 43.5 Å². The first-order valence-corrected chi connectivity index (χ1v) is 11.2. The Morgan fingerprint density at radius 2 is 1.89 bits per heavy atom. The first-order chi connectivity index (χ1) is 13.2. The SMILES string of the molecule is Cc1n[nH]c(Cl)c1C(C)N(C1CCCCNC1=O)S(=O)(=O)c1ccc(Cl)cc1. The lowest BCUT2D eigenvalue weighted by Gasteiger charge is -2.34. The fourth-order valence-corrected chi connectivity index (χ4v) is 5.81. The van der Waals surface area contributed by atoms with E-state index in [1.165, 1.54) is 28.6 Å². The van der Waals surface area contributed by atoms with Gasteiger partial charge in [-0.05, 0) is 57.4 Å². The fraction of sp³-hybridized carbons (Fsp3) is 0.444. The number of nitrogens with one attached hydrogen (secondary N) is 2. The van der Waals surface area contributed by atoms with Crippen LogP contribution in [0, 0.1) is 6.92 Å². The predicted molar refractivity (Wildman–Crippen MR) is 108 cm³/mol. The van der Waals surface area contributed by atoms with E-state index >= 15 is 0 Å². The number of rotatable bonds is 5. The molecule has 0 aliphatic carbocycles. The van der Waals surface area contributed by atoms with Crippen molar-refractivity contribution in [2.24, 2.45) is 0 Å². The number of hydrogen-bond donors (Lipinski definition) is 2. The number of sulfonamides is 1. The maximum absolute atomic E-state index is 13.6. The molecule has 2 unspecified atom stereocenters.